The minimum absolute atomic E-state index is 0.0201. The Morgan fingerprint density at radius 2 is 1.62 bits per heavy atom. The third-order valence-corrected chi connectivity index (χ3v) is 6.17. The normalized spacial score (nSPS) is 30.2. The Kier molecular flexibility index (Phi) is 7.82. The zero-order chi connectivity index (χ0) is 24.2. The van der Waals surface area contributed by atoms with Crippen LogP contribution in [0.25, 0.3) is 0 Å². The largest absolute Gasteiger partial charge is 0.458 e. The van der Waals surface area contributed by atoms with Gasteiger partial charge in [-0.25, -0.2) is 0 Å². The molecule has 9 heteroatoms. The molecule has 0 aliphatic carbocycles. The van der Waals surface area contributed by atoms with E-state index in [4.69, 9.17) is 14.2 Å². The summed E-state index contributed by atoms with van der Waals surface area (Å²) in [5.41, 5.74) is 1.81. The number of aliphatic hydroxyl groups excluding tert-OH is 5. The standard InChI is InChI=1S/C25H30O9/c26-13-21-22(29)23(30)24(31)25(34-21)33-19-10-5-15-2-7-17(28)12-16(27)6-1-14-3-8-18(9-4-14)32-20(19)11-15/h3-5,8-11,17,21-26,28-31H,1-2,6-7,12-13H2/t17?,21?,22-,23+,24?,25+/m0/s1. The van der Waals surface area contributed by atoms with Crippen molar-refractivity contribution in [3.8, 4) is 17.2 Å². The summed E-state index contributed by atoms with van der Waals surface area (Å²) < 4.78 is 17.3. The second-order valence-corrected chi connectivity index (χ2v) is 8.78. The minimum Gasteiger partial charge on any atom is -0.458 e. The predicted molar refractivity (Wildman–Crippen MR) is 120 cm³/mol. The number of ether oxygens (including phenoxy) is 3. The number of aliphatic hydroxyl groups is 5. The predicted octanol–water partition coefficient (Wildman–Crippen LogP) is 0.856. The van der Waals surface area contributed by atoms with Gasteiger partial charge in [0.2, 0.25) is 6.29 Å². The van der Waals surface area contributed by atoms with E-state index in [1.54, 1.807) is 30.3 Å². The van der Waals surface area contributed by atoms with Crippen LogP contribution < -0.4 is 9.47 Å². The SMILES string of the molecule is O=C1CCc2ccc(cc2)Oc2cc(ccc2O[C@@H]2OC(CO)[C@H](O)[C@@H](O)C2O)CCC(O)C1. The Morgan fingerprint density at radius 1 is 0.882 bits per heavy atom. The molecule has 0 radical (unpaired) electrons. The molecule has 2 aromatic carbocycles. The number of carbonyl (C=O) groups is 1. The molecule has 5 rings (SSSR count). The number of rotatable bonds is 3. The molecule has 184 valence electrons. The van der Waals surface area contributed by atoms with E-state index in [9.17, 15) is 30.3 Å². The molecule has 9 nitrogen and oxygen atoms in total. The Morgan fingerprint density at radius 3 is 2.35 bits per heavy atom. The summed E-state index contributed by atoms with van der Waals surface area (Å²) in [4.78, 5) is 12.2. The molecule has 0 spiro atoms. The summed E-state index contributed by atoms with van der Waals surface area (Å²) in [6.45, 7) is -0.565. The highest BCUT2D eigenvalue weighted by Crippen LogP contribution is 2.36. The maximum absolute atomic E-state index is 12.2. The van der Waals surface area contributed by atoms with Crippen molar-refractivity contribution < 1.29 is 44.5 Å². The van der Waals surface area contributed by atoms with Crippen molar-refractivity contribution >= 4 is 5.78 Å². The smallest absolute Gasteiger partial charge is 0.229 e. The number of hydrogen-bond donors (Lipinski definition) is 5. The van der Waals surface area contributed by atoms with Crippen LogP contribution in [0.4, 0.5) is 0 Å². The second kappa shape index (κ2) is 10.8. The number of carbonyl (C=O) groups excluding carboxylic acids is 1. The minimum atomic E-state index is -1.56. The van der Waals surface area contributed by atoms with Crippen molar-refractivity contribution in [2.24, 2.45) is 0 Å². The van der Waals surface area contributed by atoms with E-state index < -0.39 is 43.4 Å². The third kappa shape index (κ3) is 5.75. The third-order valence-electron chi connectivity index (χ3n) is 6.17. The summed E-state index contributed by atoms with van der Waals surface area (Å²) in [7, 11) is 0. The molecule has 3 aliphatic heterocycles. The van der Waals surface area contributed by atoms with Crippen molar-refractivity contribution in [3.63, 3.8) is 0 Å². The molecule has 34 heavy (non-hydrogen) atoms. The molecule has 0 amide bonds. The molecular weight excluding hydrogens is 444 g/mol. The van der Waals surface area contributed by atoms with Crippen LogP contribution in [0.3, 0.4) is 0 Å². The average Bonchev–Trinajstić information content (AvgIpc) is 2.83. The summed E-state index contributed by atoms with van der Waals surface area (Å²) >= 11 is 0. The van der Waals surface area contributed by atoms with Gasteiger partial charge in [-0.05, 0) is 54.7 Å². The molecule has 3 aliphatic rings. The lowest BCUT2D eigenvalue weighted by molar-refractivity contribution is -0.277. The first-order valence-corrected chi connectivity index (χ1v) is 11.4. The van der Waals surface area contributed by atoms with Gasteiger partial charge in [-0.1, -0.05) is 18.2 Å². The number of fused-ring (bicyclic) bond motifs is 8. The van der Waals surface area contributed by atoms with Crippen molar-refractivity contribution in [2.75, 3.05) is 6.61 Å². The van der Waals surface area contributed by atoms with E-state index in [0.717, 1.165) is 11.1 Å². The van der Waals surface area contributed by atoms with E-state index in [2.05, 4.69) is 0 Å². The molecule has 5 N–H and O–H groups in total. The van der Waals surface area contributed by atoms with E-state index >= 15 is 0 Å². The summed E-state index contributed by atoms with van der Waals surface area (Å²) in [5, 5.41) is 50.1. The maximum atomic E-state index is 12.2. The van der Waals surface area contributed by atoms with Gasteiger partial charge in [-0.3, -0.25) is 4.79 Å². The topological polar surface area (TPSA) is 146 Å². The second-order valence-electron chi connectivity index (χ2n) is 8.78. The molecule has 3 unspecified atom stereocenters. The molecule has 1 fully saturated rings. The van der Waals surface area contributed by atoms with Crippen LogP contribution in [0.1, 0.15) is 30.4 Å². The van der Waals surface area contributed by atoms with Crippen molar-refractivity contribution in [2.45, 2.75) is 68.9 Å². The monoisotopic (exact) mass is 474 g/mol. The highest BCUT2D eigenvalue weighted by atomic mass is 16.7. The first-order valence-electron chi connectivity index (χ1n) is 11.4. The summed E-state index contributed by atoms with van der Waals surface area (Å²) in [6.07, 6.45) is -5.85. The van der Waals surface area contributed by atoms with E-state index in [0.29, 0.717) is 37.2 Å². The first kappa shape index (κ1) is 24.6. The van der Waals surface area contributed by atoms with Crippen molar-refractivity contribution in [1.29, 1.82) is 0 Å². The van der Waals surface area contributed by atoms with Crippen LogP contribution in [0.15, 0.2) is 42.5 Å². The van der Waals surface area contributed by atoms with Gasteiger partial charge in [0, 0.05) is 12.8 Å². The maximum Gasteiger partial charge on any atom is 0.229 e. The average molecular weight is 475 g/mol. The van der Waals surface area contributed by atoms with Gasteiger partial charge in [-0.15, -0.1) is 0 Å². The van der Waals surface area contributed by atoms with Crippen LogP contribution in [0.2, 0.25) is 0 Å². The first-order chi connectivity index (χ1) is 16.3. The molecule has 6 atom stereocenters. The lowest BCUT2D eigenvalue weighted by Crippen LogP contribution is -2.60. The summed E-state index contributed by atoms with van der Waals surface area (Å²) in [6, 6.07) is 12.4. The van der Waals surface area contributed by atoms with Crippen molar-refractivity contribution in [1.82, 2.24) is 0 Å². The zero-order valence-electron chi connectivity index (χ0n) is 18.6. The van der Waals surface area contributed by atoms with Gasteiger partial charge in [-0.2, -0.15) is 0 Å². The molecule has 4 bridgehead atoms. The lowest BCUT2D eigenvalue weighted by Gasteiger charge is -2.39. The van der Waals surface area contributed by atoms with Gasteiger partial charge >= 0.3 is 0 Å². The van der Waals surface area contributed by atoms with Crippen LogP contribution in [-0.4, -0.2) is 74.7 Å². The van der Waals surface area contributed by atoms with Crippen molar-refractivity contribution in [3.05, 3.63) is 53.6 Å². The highest BCUT2D eigenvalue weighted by Gasteiger charge is 2.45. The molecule has 0 aromatic heterocycles. The van der Waals surface area contributed by atoms with Crippen LogP contribution in [0.5, 0.6) is 17.2 Å². The van der Waals surface area contributed by atoms with Crippen LogP contribution in [0, 0.1) is 0 Å². The van der Waals surface area contributed by atoms with E-state index in [1.165, 1.54) is 0 Å². The fourth-order valence-electron chi connectivity index (χ4n) is 4.11. The highest BCUT2D eigenvalue weighted by molar-refractivity contribution is 5.79. The van der Waals surface area contributed by atoms with Gasteiger partial charge in [0.25, 0.3) is 0 Å². The van der Waals surface area contributed by atoms with E-state index in [1.807, 2.05) is 12.1 Å². The van der Waals surface area contributed by atoms with E-state index in [-0.39, 0.29) is 18.0 Å². The molecular formula is C25H30O9. The van der Waals surface area contributed by atoms with Gasteiger partial charge < -0.3 is 39.7 Å². The Bertz CT molecular complexity index is 975. The Balaban J connectivity index is 1.61. The Hall–Kier alpha value is -2.53. The number of benzene rings is 2. The van der Waals surface area contributed by atoms with Gasteiger partial charge in [0.15, 0.2) is 11.5 Å². The van der Waals surface area contributed by atoms with Gasteiger partial charge in [0.1, 0.15) is 35.9 Å². The number of ketones is 1. The summed E-state index contributed by atoms with van der Waals surface area (Å²) in [5.74, 6) is 1.09. The number of hydrogen-bond acceptors (Lipinski definition) is 9. The molecule has 3 heterocycles. The molecule has 1 saturated heterocycles. The lowest BCUT2D eigenvalue weighted by atomic mass is 9.99. The van der Waals surface area contributed by atoms with Crippen LogP contribution >= 0.6 is 0 Å². The molecule has 0 saturated carbocycles. The Labute approximate surface area is 197 Å². The van der Waals surface area contributed by atoms with Crippen LogP contribution in [-0.2, 0) is 22.4 Å². The molecule has 2 aromatic rings. The fraction of sp³-hybridized carbons (Fsp3) is 0.480. The zero-order valence-corrected chi connectivity index (χ0v) is 18.6. The van der Waals surface area contributed by atoms with Gasteiger partial charge in [0.05, 0.1) is 12.7 Å². The fourth-order valence-corrected chi connectivity index (χ4v) is 4.11. The number of Topliss-reactive ketones (excluding diaryl/α,β-unsaturated/α-hetero) is 1. The number of aryl methyl sites for hydroxylation is 2. The quantitative estimate of drug-likeness (QED) is 0.437.